The third-order valence-electron chi connectivity index (χ3n) is 4.80. The highest BCUT2D eigenvalue weighted by atomic mass is 32.2. The number of carbonyl (C=O) groups excluding carboxylic acids is 1. The smallest absolute Gasteiger partial charge is 0.276 e. The number of carbonyl (C=O) groups is 1. The van der Waals surface area contributed by atoms with Crippen molar-refractivity contribution in [1.29, 1.82) is 0 Å². The van der Waals surface area contributed by atoms with Crippen LogP contribution in [-0.2, 0) is 4.79 Å². The molecule has 0 unspecified atom stereocenters. The molecule has 2 aliphatic rings. The van der Waals surface area contributed by atoms with Crippen LogP contribution in [0.2, 0.25) is 0 Å². The third kappa shape index (κ3) is 4.11. The van der Waals surface area contributed by atoms with E-state index in [0.29, 0.717) is 17.5 Å². The van der Waals surface area contributed by atoms with Gasteiger partial charge >= 0.3 is 0 Å². The summed E-state index contributed by atoms with van der Waals surface area (Å²) in [5.74, 6) is 1.52. The molecule has 7 heteroatoms. The Balaban J connectivity index is 1.74. The van der Waals surface area contributed by atoms with Gasteiger partial charge in [0.05, 0.1) is 5.36 Å². The van der Waals surface area contributed by atoms with Crippen molar-refractivity contribution in [2.24, 2.45) is 10.1 Å². The summed E-state index contributed by atoms with van der Waals surface area (Å²) in [4.78, 5) is 17.9. The monoisotopic (exact) mass is 420 g/mol. The lowest BCUT2D eigenvalue weighted by atomic mass is 10.1. The molecule has 4 rings (SSSR count). The number of amidine groups is 1. The molecule has 2 heterocycles. The second kappa shape index (κ2) is 9.17. The number of para-hydroxylation sites is 1. The van der Waals surface area contributed by atoms with Crippen molar-refractivity contribution in [2.75, 3.05) is 12.4 Å². The first-order chi connectivity index (χ1) is 14.7. The van der Waals surface area contributed by atoms with Crippen LogP contribution in [0.4, 0.5) is 0 Å². The van der Waals surface area contributed by atoms with Crippen LogP contribution >= 0.6 is 11.8 Å². The number of unbranched alkanes of at least 4 members (excludes halogenated alkanes) is 1. The van der Waals surface area contributed by atoms with Crippen LogP contribution in [0.3, 0.4) is 0 Å². The maximum Gasteiger partial charge on any atom is 0.276 e. The lowest BCUT2D eigenvalue weighted by Gasteiger charge is -2.34. The maximum atomic E-state index is 13.0. The summed E-state index contributed by atoms with van der Waals surface area (Å²) in [6, 6.07) is 15.4. The summed E-state index contributed by atoms with van der Waals surface area (Å²) in [6.45, 7) is 6.27. The second-order valence-corrected chi connectivity index (χ2v) is 8.03. The van der Waals surface area contributed by atoms with Gasteiger partial charge in [-0.25, -0.2) is 5.01 Å². The van der Waals surface area contributed by atoms with E-state index in [-0.39, 0.29) is 5.91 Å². The second-order valence-electron chi connectivity index (χ2n) is 6.94. The molecule has 0 aromatic heterocycles. The fourth-order valence-corrected chi connectivity index (χ4v) is 4.25. The molecule has 154 valence electrons. The molecule has 0 radical (unpaired) electrons. The molecule has 6 nitrogen and oxygen atoms in total. The van der Waals surface area contributed by atoms with E-state index in [1.54, 1.807) is 22.8 Å². The molecule has 2 aromatic rings. The van der Waals surface area contributed by atoms with E-state index in [4.69, 9.17) is 14.8 Å². The zero-order chi connectivity index (χ0) is 20.9. The highest BCUT2D eigenvalue weighted by Gasteiger charge is 2.34. The maximum absolute atomic E-state index is 13.0. The largest absolute Gasteiger partial charge is 0.490 e. The molecule has 0 fully saturated rings. The first-order valence-corrected chi connectivity index (χ1v) is 11.0. The van der Waals surface area contributed by atoms with Gasteiger partial charge in [-0.2, -0.15) is 0 Å². The molecular formula is C23H24N4O2S. The molecule has 1 amide bonds. The number of ether oxygens (including phenoxy) is 1. The Labute approximate surface area is 180 Å². The molecule has 30 heavy (non-hydrogen) atoms. The minimum absolute atomic E-state index is 0.151. The number of thioether (sulfide) groups is 1. The van der Waals surface area contributed by atoms with E-state index in [2.05, 4.69) is 18.8 Å². The number of benzene rings is 2. The first-order valence-electron chi connectivity index (χ1n) is 10.0. The summed E-state index contributed by atoms with van der Waals surface area (Å²) in [5.41, 5.74) is 1.46. The molecule has 1 atom stereocenters. The number of hydrogen-bond acceptors (Lipinski definition) is 6. The van der Waals surface area contributed by atoms with Gasteiger partial charge in [0.15, 0.2) is 11.3 Å². The number of amides is 1. The van der Waals surface area contributed by atoms with Gasteiger partial charge in [-0.05, 0) is 30.2 Å². The van der Waals surface area contributed by atoms with Gasteiger partial charge in [0.2, 0.25) is 0 Å². The van der Waals surface area contributed by atoms with Crippen LogP contribution < -0.4 is 20.6 Å². The first kappa shape index (κ1) is 20.2. The summed E-state index contributed by atoms with van der Waals surface area (Å²) in [5, 5.41) is 11.6. The van der Waals surface area contributed by atoms with Gasteiger partial charge in [0, 0.05) is 11.0 Å². The number of hydrazone groups is 1. The Morgan fingerprint density at radius 3 is 2.80 bits per heavy atom. The molecule has 2 aliphatic heterocycles. The number of nitrogens with zero attached hydrogens (tertiary/aromatic N) is 3. The Bertz CT molecular complexity index is 1090. The highest BCUT2D eigenvalue weighted by molar-refractivity contribution is 8.13. The van der Waals surface area contributed by atoms with Crippen molar-refractivity contribution >= 4 is 28.5 Å². The van der Waals surface area contributed by atoms with E-state index in [0.717, 1.165) is 40.5 Å². The van der Waals surface area contributed by atoms with Crippen molar-refractivity contribution in [1.82, 2.24) is 10.3 Å². The number of fused-ring (bicyclic) bond motifs is 2. The van der Waals surface area contributed by atoms with Crippen molar-refractivity contribution in [2.45, 2.75) is 25.9 Å². The van der Waals surface area contributed by atoms with Crippen LogP contribution in [0, 0.1) is 0 Å². The third-order valence-corrected chi connectivity index (χ3v) is 5.75. The molecule has 0 spiro atoms. The minimum atomic E-state index is -0.420. The summed E-state index contributed by atoms with van der Waals surface area (Å²) in [6.07, 6.45) is 3.46. The molecular weight excluding hydrogens is 396 g/mol. The SMILES string of the molecule is C=CCOc1ccc([C@H]2N=c3ccccc3=C3C(=O)NC(SCCCC)=NN32)cc1. The quantitative estimate of drug-likeness (QED) is 0.553. The van der Waals surface area contributed by atoms with Gasteiger partial charge in [-0.1, -0.05) is 68.1 Å². The van der Waals surface area contributed by atoms with Crippen LogP contribution in [0.1, 0.15) is 31.5 Å². The van der Waals surface area contributed by atoms with E-state index >= 15 is 0 Å². The average molecular weight is 421 g/mol. The number of hydrogen-bond donors (Lipinski definition) is 1. The van der Waals surface area contributed by atoms with Crippen molar-refractivity contribution < 1.29 is 9.53 Å². The Morgan fingerprint density at radius 2 is 2.03 bits per heavy atom. The average Bonchev–Trinajstić information content (AvgIpc) is 2.77. The van der Waals surface area contributed by atoms with Crippen molar-refractivity contribution in [3.05, 3.63) is 77.3 Å². The van der Waals surface area contributed by atoms with Crippen LogP contribution in [0.25, 0.3) is 5.70 Å². The van der Waals surface area contributed by atoms with Crippen LogP contribution in [0.5, 0.6) is 5.75 Å². The zero-order valence-electron chi connectivity index (χ0n) is 16.9. The predicted molar refractivity (Wildman–Crippen MR) is 120 cm³/mol. The van der Waals surface area contributed by atoms with E-state index < -0.39 is 6.17 Å². The molecule has 1 N–H and O–H groups in total. The summed E-state index contributed by atoms with van der Waals surface area (Å²) < 4.78 is 5.59. The Hall–Kier alpha value is -3.06. The summed E-state index contributed by atoms with van der Waals surface area (Å²) >= 11 is 1.56. The summed E-state index contributed by atoms with van der Waals surface area (Å²) in [7, 11) is 0. The number of nitrogens with one attached hydrogen (secondary N) is 1. The van der Waals surface area contributed by atoms with E-state index in [1.807, 2.05) is 48.5 Å². The molecule has 0 aliphatic carbocycles. The highest BCUT2D eigenvalue weighted by Crippen LogP contribution is 2.31. The standard InChI is InChI=1S/C23H24N4O2S/c1-3-5-15-30-23-25-22(28)20-18-8-6-7-9-19(18)24-21(27(20)26-23)16-10-12-17(13-11-16)29-14-4-2/h4,6-13,21H,2-3,5,14-15H2,1H3,(H,25,26,28)/t21-/m0/s1. The Kier molecular flexibility index (Phi) is 6.18. The van der Waals surface area contributed by atoms with E-state index in [1.165, 1.54) is 0 Å². The minimum Gasteiger partial charge on any atom is -0.490 e. The van der Waals surface area contributed by atoms with Crippen molar-refractivity contribution in [3.63, 3.8) is 0 Å². The van der Waals surface area contributed by atoms with Crippen LogP contribution in [-0.4, -0.2) is 28.4 Å². The normalized spacial score (nSPS) is 17.3. The van der Waals surface area contributed by atoms with Gasteiger partial charge in [0.1, 0.15) is 18.1 Å². The van der Waals surface area contributed by atoms with Gasteiger partial charge in [-0.15, -0.1) is 5.10 Å². The number of rotatable bonds is 7. The van der Waals surface area contributed by atoms with Gasteiger partial charge in [-0.3, -0.25) is 15.1 Å². The molecule has 0 saturated heterocycles. The van der Waals surface area contributed by atoms with Crippen molar-refractivity contribution in [3.8, 4) is 5.75 Å². The predicted octanol–water partition coefficient (Wildman–Crippen LogP) is 2.93. The fraction of sp³-hybridized carbons (Fsp3) is 0.261. The van der Waals surface area contributed by atoms with Gasteiger partial charge < -0.3 is 4.74 Å². The van der Waals surface area contributed by atoms with E-state index in [9.17, 15) is 4.79 Å². The lowest BCUT2D eigenvalue weighted by Crippen LogP contribution is -2.50. The fourth-order valence-electron chi connectivity index (χ4n) is 3.31. The molecule has 2 aromatic carbocycles. The molecule has 0 saturated carbocycles. The Morgan fingerprint density at radius 1 is 1.23 bits per heavy atom. The van der Waals surface area contributed by atoms with Gasteiger partial charge in [0.25, 0.3) is 5.91 Å². The zero-order valence-corrected chi connectivity index (χ0v) is 17.7. The topological polar surface area (TPSA) is 66.3 Å². The lowest BCUT2D eigenvalue weighted by molar-refractivity contribution is -0.116. The van der Waals surface area contributed by atoms with Crippen LogP contribution in [0.15, 0.2) is 71.3 Å². The molecule has 0 bridgehead atoms.